The highest BCUT2D eigenvalue weighted by atomic mass is 14.7. The molecule has 0 atom stereocenters. The lowest BCUT2D eigenvalue weighted by Crippen LogP contribution is -2.14. The maximum Gasteiger partial charge on any atom is 0.0780 e. The first-order valence-corrected chi connectivity index (χ1v) is 13.7. The molecular weight excluding hydrogens is 472 g/mol. The Kier molecular flexibility index (Phi) is 9.09. The van der Waals surface area contributed by atoms with E-state index in [1.54, 1.807) is 0 Å². The fourth-order valence-corrected chi connectivity index (χ4v) is 4.98. The largest absolute Gasteiger partial charge is 0.284 e. The molecule has 39 heavy (non-hydrogen) atoms. The third kappa shape index (κ3) is 6.34. The first kappa shape index (κ1) is 28.0. The second kappa shape index (κ2) is 12.7. The molecule has 0 N–H and O–H groups in total. The molecule has 2 nitrogen and oxygen atoms in total. The molecule has 1 aromatic heterocycles. The highest BCUT2D eigenvalue weighted by molar-refractivity contribution is 6.14. The summed E-state index contributed by atoms with van der Waals surface area (Å²) in [4.78, 5) is 9.34. The van der Waals surface area contributed by atoms with Crippen molar-refractivity contribution in [2.75, 3.05) is 6.54 Å². The van der Waals surface area contributed by atoms with Gasteiger partial charge in [-0.25, -0.2) is 0 Å². The average molecular weight is 513 g/mol. The van der Waals surface area contributed by atoms with Gasteiger partial charge in [-0.05, 0) is 58.5 Å². The first-order valence-electron chi connectivity index (χ1n) is 13.7. The van der Waals surface area contributed by atoms with E-state index in [0.29, 0.717) is 11.8 Å². The lowest BCUT2D eigenvalue weighted by atomic mass is 9.89. The van der Waals surface area contributed by atoms with Crippen LogP contribution in [0.15, 0.2) is 114 Å². The van der Waals surface area contributed by atoms with Crippen molar-refractivity contribution in [3.8, 4) is 11.3 Å². The van der Waals surface area contributed by atoms with Gasteiger partial charge in [-0.2, -0.15) is 0 Å². The van der Waals surface area contributed by atoms with E-state index in [4.69, 9.17) is 4.99 Å². The van der Waals surface area contributed by atoms with Gasteiger partial charge in [0, 0.05) is 34.8 Å². The van der Waals surface area contributed by atoms with Gasteiger partial charge in [0.15, 0.2) is 0 Å². The SMILES string of the molecule is C.CC(C)c1ccc2c(c1)C(c1ccccc1)=NCC2.CC(C)c1ccc2ccnc(-c3ccccc3)c2c1. The zero-order valence-corrected chi connectivity index (χ0v) is 22.9. The van der Waals surface area contributed by atoms with Crippen molar-refractivity contribution in [3.63, 3.8) is 0 Å². The van der Waals surface area contributed by atoms with Gasteiger partial charge in [0.2, 0.25) is 0 Å². The van der Waals surface area contributed by atoms with Crippen LogP contribution in [-0.2, 0) is 6.42 Å². The van der Waals surface area contributed by atoms with Crippen LogP contribution in [0.2, 0.25) is 0 Å². The van der Waals surface area contributed by atoms with Gasteiger partial charge in [-0.1, -0.05) is 120 Å². The molecule has 1 aliphatic heterocycles. The van der Waals surface area contributed by atoms with E-state index >= 15 is 0 Å². The van der Waals surface area contributed by atoms with Crippen LogP contribution in [0.4, 0.5) is 0 Å². The molecule has 0 fully saturated rings. The number of hydrogen-bond donors (Lipinski definition) is 0. The van der Waals surface area contributed by atoms with Crippen molar-refractivity contribution in [1.82, 2.24) is 4.98 Å². The van der Waals surface area contributed by atoms with Crippen LogP contribution in [0, 0.1) is 0 Å². The van der Waals surface area contributed by atoms with Crippen molar-refractivity contribution in [2.24, 2.45) is 4.99 Å². The molecule has 0 spiro atoms. The zero-order chi connectivity index (χ0) is 26.5. The third-order valence-corrected chi connectivity index (χ3v) is 7.26. The Morgan fingerprint density at radius 3 is 1.92 bits per heavy atom. The van der Waals surface area contributed by atoms with Gasteiger partial charge in [-0.3, -0.25) is 9.98 Å². The molecule has 0 bridgehead atoms. The van der Waals surface area contributed by atoms with Crippen molar-refractivity contribution in [1.29, 1.82) is 0 Å². The van der Waals surface area contributed by atoms with Crippen LogP contribution in [0.5, 0.6) is 0 Å². The molecule has 0 saturated heterocycles. The summed E-state index contributed by atoms with van der Waals surface area (Å²) in [5.41, 5.74) is 10.1. The van der Waals surface area contributed by atoms with E-state index in [1.807, 2.05) is 12.3 Å². The molecular formula is C37H40N2. The quantitative estimate of drug-likeness (QED) is 0.235. The summed E-state index contributed by atoms with van der Waals surface area (Å²) in [5.74, 6) is 1.09. The number of fused-ring (bicyclic) bond motifs is 2. The highest BCUT2D eigenvalue weighted by Crippen LogP contribution is 2.29. The molecule has 1 aliphatic rings. The van der Waals surface area contributed by atoms with Crippen LogP contribution >= 0.6 is 0 Å². The molecule has 2 heterocycles. The molecule has 0 radical (unpaired) electrons. The number of benzene rings is 4. The van der Waals surface area contributed by atoms with Crippen LogP contribution in [0.3, 0.4) is 0 Å². The van der Waals surface area contributed by atoms with Gasteiger partial charge in [-0.15, -0.1) is 0 Å². The molecule has 6 rings (SSSR count). The smallest absolute Gasteiger partial charge is 0.0780 e. The lowest BCUT2D eigenvalue weighted by molar-refractivity contribution is 0.860. The number of rotatable bonds is 4. The van der Waals surface area contributed by atoms with Crippen LogP contribution in [0.1, 0.15) is 74.8 Å². The second-order valence-corrected chi connectivity index (χ2v) is 10.6. The van der Waals surface area contributed by atoms with Crippen LogP contribution in [0.25, 0.3) is 22.0 Å². The van der Waals surface area contributed by atoms with E-state index < -0.39 is 0 Å². The Hall–Kier alpha value is -4.04. The van der Waals surface area contributed by atoms with Gasteiger partial charge in [0.05, 0.1) is 11.4 Å². The van der Waals surface area contributed by atoms with Crippen LogP contribution < -0.4 is 0 Å². The summed E-state index contributed by atoms with van der Waals surface area (Å²) in [5, 5.41) is 2.48. The van der Waals surface area contributed by atoms with E-state index in [1.165, 1.54) is 44.2 Å². The number of hydrogen-bond acceptors (Lipinski definition) is 2. The first-order chi connectivity index (χ1) is 18.5. The minimum absolute atomic E-state index is 0. The van der Waals surface area contributed by atoms with E-state index in [0.717, 1.165) is 24.4 Å². The average Bonchev–Trinajstić information content (AvgIpc) is 2.97. The Labute approximate surface area is 234 Å². The van der Waals surface area contributed by atoms with Gasteiger partial charge < -0.3 is 0 Å². The predicted octanol–water partition coefficient (Wildman–Crippen LogP) is 9.86. The lowest BCUT2D eigenvalue weighted by Gasteiger charge is -2.19. The van der Waals surface area contributed by atoms with Gasteiger partial charge >= 0.3 is 0 Å². The summed E-state index contributed by atoms with van der Waals surface area (Å²) >= 11 is 0. The van der Waals surface area contributed by atoms with E-state index in [-0.39, 0.29) is 7.43 Å². The molecule has 0 unspecified atom stereocenters. The van der Waals surface area contributed by atoms with Crippen molar-refractivity contribution >= 4 is 16.5 Å². The number of aliphatic imine (C=N–C) groups is 1. The number of pyridine rings is 1. The molecule has 2 heteroatoms. The Morgan fingerprint density at radius 1 is 0.641 bits per heavy atom. The standard InChI is InChI=1S/C18H19N.C18H17N.CH4/c2*1-13(2)16-9-8-14-10-11-19-18(17(14)12-16)15-6-4-3-5-7-15;/h3-9,12-13H,10-11H2,1-2H3;3-13H,1-2H3;1H4. The molecule has 0 amide bonds. The Bertz CT molecular complexity index is 1550. The zero-order valence-electron chi connectivity index (χ0n) is 22.9. The highest BCUT2D eigenvalue weighted by Gasteiger charge is 2.16. The third-order valence-electron chi connectivity index (χ3n) is 7.26. The fraction of sp³-hybridized carbons (Fsp3) is 0.243. The minimum Gasteiger partial charge on any atom is -0.284 e. The molecule has 4 aromatic carbocycles. The second-order valence-electron chi connectivity index (χ2n) is 10.6. The van der Waals surface area contributed by atoms with Gasteiger partial charge in [0.25, 0.3) is 0 Å². The normalized spacial score (nSPS) is 12.3. The monoisotopic (exact) mass is 512 g/mol. The van der Waals surface area contributed by atoms with E-state index in [2.05, 4.69) is 130 Å². The van der Waals surface area contributed by atoms with E-state index in [9.17, 15) is 0 Å². The fourth-order valence-electron chi connectivity index (χ4n) is 4.98. The number of aromatic nitrogens is 1. The maximum absolute atomic E-state index is 4.76. The van der Waals surface area contributed by atoms with Gasteiger partial charge in [0.1, 0.15) is 0 Å². The minimum atomic E-state index is 0. The van der Waals surface area contributed by atoms with Crippen molar-refractivity contribution < 1.29 is 0 Å². The van der Waals surface area contributed by atoms with Crippen LogP contribution in [-0.4, -0.2) is 17.2 Å². The Balaban J connectivity index is 0.000000176. The topological polar surface area (TPSA) is 25.2 Å². The molecule has 5 aromatic rings. The molecule has 0 aliphatic carbocycles. The summed E-state index contributed by atoms with van der Waals surface area (Å²) in [7, 11) is 0. The summed E-state index contributed by atoms with van der Waals surface area (Å²) in [6, 6.07) is 36.5. The number of nitrogens with zero attached hydrogens (tertiary/aromatic N) is 2. The van der Waals surface area contributed by atoms with Crippen molar-refractivity contribution in [3.05, 3.63) is 137 Å². The van der Waals surface area contributed by atoms with Crippen molar-refractivity contribution in [2.45, 2.75) is 53.4 Å². The summed E-state index contributed by atoms with van der Waals surface area (Å²) in [6.07, 6.45) is 2.95. The summed E-state index contributed by atoms with van der Waals surface area (Å²) in [6.45, 7) is 9.82. The maximum atomic E-state index is 4.76. The predicted molar refractivity (Wildman–Crippen MR) is 169 cm³/mol. The molecule has 198 valence electrons. The molecule has 0 saturated carbocycles. The summed E-state index contributed by atoms with van der Waals surface area (Å²) < 4.78 is 0. The Morgan fingerprint density at radius 2 is 1.26 bits per heavy atom.